The van der Waals surface area contributed by atoms with Gasteiger partial charge in [-0.1, -0.05) is 0 Å². The van der Waals surface area contributed by atoms with Gasteiger partial charge in [0, 0.05) is 13.1 Å². The summed E-state index contributed by atoms with van der Waals surface area (Å²) >= 11 is 0. The number of morpholine rings is 1. The second kappa shape index (κ2) is 5.32. The van der Waals surface area contributed by atoms with Crippen LogP contribution in [0.3, 0.4) is 0 Å². The van der Waals surface area contributed by atoms with Crippen LogP contribution >= 0.6 is 12.4 Å². The molecule has 6 heteroatoms. The molecular weight excluding hydrogens is 228 g/mol. The maximum absolute atomic E-state index is 5.65. The van der Waals surface area contributed by atoms with Crippen molar-refractivity contribution in [3.05, 3.63) is 12.1 Å². The van der Waals surface area contributed by atoms with E-state index in [4.69, 9.17) is 10.5 Å². The van der Waals surface area contributed by atoms with E-state index in [-0.39, 0.29) is 24.6 Å². The van der Waals surface area contributed by atoms with Crippen molar-refractivity contribution in [1.82, 2.24) is 10.2 Å². The number of halogens is 1. The monoisotopic (exact) mass is 244 g/mol. The standard InChI is InChI=1S/C10H16N4O.ClH/c1-7-5-14(6-8(2)15-7)10-4-3-9(11)12-13-10;/h3-4,7-8H,5-6H2,1-2H3,(H2,11,12);1H. The summed E-state index contributed by atoms with van der Waals surface area (Å²) in [7, 11) is 0. The SMILES string of the molecule is CC1CN(c2ccc(N)nn2)CC(C)O1.Cl. The molecule has 16 heavy (non-hydrogen) atoms. The Balaban J connectivity index is 0.00000128. The molecule has 5 nitrogen and oxygen atoms in total. The lowest BCUT2D eigenvalue weighted by atomic mass is 10.2. The van der Waals surface area contributed by atoms with E-state index in [0.717, 1.165) is 18.9 Å². The molecule has 2 atom stereocenters. The molecule has 0 aliphatic carbocycles. The van der Waals surface area contributed by atoms with Gasteiger partial charge in [-0.2, -0.15) is 0 Å². The number of aromatic nitrogens is 2. The number of anilines is 2. The first kappa shape index (κ1) is 13.0. The predicted molar refractivity (Wildman–Crippen MR) is 65.9 cm³/mol. The van der Waals surface area contributed by atoms with Crippen LogP contribution < -0.4 is 10.6 Å². The molecule has 90 valence electrons. The van der Waals surface area contributed by atoms with Gasteiger partial charge in [-0.25, -0.2) is 0 Å². The largest absolute Gasteiger partial charge is 0.382 e. The van der Waals surface area contributed by atoms with E-state index >= 15 is 0 Å². The number of hydrogen-bond donors (Lipinski definition) is 1. The normalized spacial score (nSPS) is 25.0. The first-order valence-electron chi connectivity index (χ1n) is 5.15. The highest BCUT2D eigenvalue weighted by atomic mass is 35.5. The van der Waals surface area contributed by atoms with Crippen LogP contribution in [0.1, 0.15) is 13.8 Å². The van der Waals surface area contributed by atoms with Crippen LogP contribution in [0.5, 0.6) is 0 Å². The van der Waals surface area contributed by atoms with Crippen molar-refractivity contribution >= 4 is 24.0 Å². The molecule has 2 N–H and O–H groups in total. The Labute approximate surface area is 101 Å². The number of hydrogen-bond acceptors (Lipinski definition) is 5. The van der Waals surface area contributed by atoms with Crippen molar-refractivity contribution in [3.8, 4) is 0 Å². The molecule has 0 bridgehead atoms. The summed E-state index contributed by atoms with van der Waals surface area (Å²) in [4.78, 5) is 2.17. The average Bonchev–Trinajstić information content (AvgIpc) is 2.17. The molecule has 1 aromatic heterocycles. The zero-order valence-electron chi connectivity index (χ0n) is 9.46. The third kappa shape index (κ3) is 2.96. The lowest BCUT2D eigenvalue weighted by Crippen LogP contribution is -2.45. The Bertz CT molecular complexity index is 322. The lowest BCUT2D eigenvalue weighted by Gasteiger charge is -2.35. The average molecular weight is 245 g/mol. The minimum atomic E-state index is 0. The van der Waals surface area contributed by atoms with Gasteiger partial charge in [-0.05, 0) is 26.0 Å². The molecule has 2 rings (SSSR count). The second-order valence-corrected chi connectivity index (χ2v) is 3.98. The van der Waals surface area contributed by atoms with E-state index in [0.29, 0.717) is 5.82 Å². The van der Waals surface area contributed by atoms with Gasteiger partial charge in [0.1, 0.15) is 5.82 Å². The molecule has 0 aromatic carbocycles. The summed E-state index contributed by atoms with van der Waals surface area (Å²) in [6.07, 6.45) is 0.459. The minimum absolute atomic E-state index is 0. The molecule has 1 aromatic rings. The molecule has 0 saturated carbocycles. The van der Waals surface area contributed by atoms with Crippen LogP contribution in [0.25, 0.3) is 0 Å². The molecule has 0 radical (unpaired) electrons. The number of nitrogen functional groups attached to an aromatic ring is 1. The maximum Gasteiger partial charge on any atom is 0.151 e. The van der Waals surface area contributed by atoms with E-state index in [2.05, 4.69) is 28.9 Å². The lowest BCUT2D eigenvalue weighted by molar-refractivity contribution is -0.00550. The second-order valence-electron chi connectivity index (χ2n) is 3.98. The van der Waals surface area contributed by atoms with Crippen LogP contribution in [0.15, 0.2) is 12.1 Å². The van der Waals surface area contributed by atoms with Crippen LogP contribution in [0.2, 0.25) is 0 Å². The van der Waals surface area contributed by atoms with Gasteiger partial charge in [0.2, 0.25) is 0 Å². The van der Waals surface area contributed by atoms with Crippen molar-refractivity contribution in [3.63, 3.8) is 0 Å². The zero-order valence-corrected chi connectivity index (χ0v) is 10.3. The molecular formula is C10H17ClN4O. The first-order valence-corrected chi connectivity index (χ1v) is 5.15. The van der Waals surface area contributed by atoms with E-state index in [1.165, 1.54) is 0 Å². The van der Waals surface area contributed by atoms with Crippen molar-refractivity contribution in [1.29, 1.82) is 0 Å². The molecule has 1 saturated heterocycles. The number of nitrogens with two attached hydrogens (primary N) is 1. The topological polar surface area (TPSA) is 64.3 Å². The third-order valence-corrected chi connectivity index (χ3v) is 2.41. The number of ether oxygens (including phenoxy) is 1. The Morgan fingerprint density at radius 1 is 1.25 bits per heavy atom. The fourth-order valence-electron chi connectivity index (χ4n) is 1.87. The van der Waals surface area contributed by atoms with Gasteiger partial charge < -0.3 is 15.4 Å². The van der Waals surface area contributed by atoms with Gasteiger partial charge in [-0.3, -0.25) is 0 Å². The Morgan fingerprint density at radius 2 is 1.88 bits per heavy atom. The fraction of sp³-hybridized carbons (Fsp3) is 0.600. The molecule has 0 amide bonds. The molecule has 0 spiro atoms. The maximum atomic E-state index is 5.65. The number of nitrogens with zero attached hydrogens (tertiary/aromatic N) is 3. The predicted octanol–water partition coefficient (Wildman–Crippen LogP) is 1.09. The quantitative estimate of drug-likeness (QED) is 0.801. The summed E-state index contributed by atoms with van der Waals surface area (Å²) in [6, 6.07) is 3.67. The van der Waals surface area contributed by atoms with E-state index < -0.39 is 0 Å². The van der Waals surface area contributed by atoms with E-state index in [1.54, 1.807) is 6.07 Å². The van der Waals surface area contributed by atoms with Crippen molar-refractivity contribution in [2.24, 2.45) is 0 Å². The highest BCUT2D eigenvalue weighted by Gasteiger charge is 2.23. The first-order chi connectivity index (χ1) is 7.15. The Morgan fingerprint density at radius 3 is 2.38 bits per heavy atom. The summed E-state index contributed by atoms with van der Waals surface area (Å²) in [5.74, 6) is 1.32. The van der Waals surface area contributed by atoms with E-state index in [1.807, 2.05) is 6.07 Å². The van der Waals surface area contributed by atoms with Gasteiger partial charge in [-0.15, -0.1) is 22.6 Å². The van der Waals surface area contributed by atoms with Crippen LogP contribution in [0.4, 0.5) is 11.6 Å². The van der Waals surface area contributed by atoms with Gasteiger partial charge in [0.05, 0.1) is 12.2 Å². The summed E-state index contributed by atoms with van der Waals surface area (Å²) < 4.78 is 5.65. The van der Waals surface area contributed by atoms with Crippen LogP contribution in [0, 0.1) is 0 Å². The summed E-state index contributed by atoms with van der Waals surface area (Å²) in [5, 5.41) is 7.92. The minimum Gasteiger partial charge on any atom is -0.382 e. The van der Waals surface area contributed by atoms with E-state index in [9.17, 15) is 0 Å². The smallest absolute Gasteiger partial charge is 0.151 e. The summed E-state index contributed by atoms with van der Waals surface area (Å²) in [5.41, 5.74) is 5.49. The van der Waals surface area contributed by atoms with Crippen molar-refractivity contribution in [2.45, 2.75) is 26.1 Å². The summed E-state index contributed by atoms with van der Waals surface area (Å²) in [6.45, 7) is 5.83. The van der Waals surface area contributed by atoms with Crippen LogP contribution in [-0.2, 0) is 4.74 Å². The van der Waals surface area contributed by atoms with Gasteiger partial charge in [0.25, 0.3) is 0 Å². The molecule has 1 aliphatic heterocycles. The Kier molecular flexibility index (Phi) is 4.32. The fourth-order valence-corrected chi connectivity index (χ4v) is 1.87. The molecule has 1 fully saturated rings. The molecule has 2 heterocycles. The molecule has 1 aliphatic rings. The van der Waals surface area contributed by atoms with Gasteiger partial charge in [0.15, 0.2) is 5.82 Å². The van der Waals surface area contributed by atoms with Gasteiger partial charge >= 0.3 is 0 Å². The molecule has 2 unspecified atom stereocenters. The van der Waals surface area contributed by atoms with Crippen molar-refractivity contribution < 1.29 is 4.74 Å². The highest BCUT2D eigenvalue weighted by Crippen LogP contribution is 2.17. The number of rotatable bonds is 1. The highest BCUT2D eigenvalue weighted by molar-refractivity contribution is 5.85. The Hall–Kier alpha value is -1.07. The third-order valence-electron chi connectivity index (χ3n) is 2.41. The van der Waals surface area contributed by atoms with Crippen LogP contribution in [-0.4, -0.2) is 35.5 Å². The zero-order chi connectivity index (χ0) is 10.8. The van der Waals surface area contributed by atoms with Crippen molar-refractivity contribution in [2.75, 3.05) is 23.7 Å².